The first kappa shape index (κ1) is 17.9. The average molecular weight is 367 g/mol. The quantitative estimate of drug-likeness (QED) is 0.646. The van der Waals surface area contributed by atoms with Crippen molar-refractivity contribution < 1.29 is 19.0 Å². The van der Waals surface area contributed by atoms with Gasteiger partial charge in [-0.3, -0.25) is 4.79 Å². The van der Waals surface area contributed by atoms with E-state index in [1.54, 1.807) is 20.3 Å². The first-order chi connectivity index (χ1) is 13.2. The summed E-state index contributed by atoms with van der Waals surface area (Å²) in [6, 6.07) is 9.24. The Morgan fingerprint density at radius 3 is 2.67 bits per heavy atom. The Hall–Kier alpha value is -2.53. The fraction of sp³-hybridized carbons (Fsp3) is 0.409. The van der Waals surface area contributed by atoms with E-state index in [4.69, 9.17) is 14.2 Å². The van der Waals surface area contributed by atoms with Gasteiger partial charge in [0.1, 0.15) is 17.2 Å². The predicted molar refractivity (Wildman–Crippen MR) is 104 cm³/mol. The van der Waals surface area contributed by atoms with Gasteiger partial charge in [-0.25, -0.2) is 0 Å². The minimum atomic E-state index is -0.0142. The molecule has 1 aliphatic carbocycles. The lowest BCUT2D eigenvalue weighted by atomic mass is 10.0. The van der Waals surface area contributed by atoms with Gasteiger partial charge < -0.3 is 19.5 Å². The predicted octanol–water partition coefficient (Wildman–Crippen LogP) is 3.68. The van der Waals surface area contributed by atoms with Crippen LogP contribution in [0.3, 0.4) is 0 Å². The lowest BCUT2D eigenvalue weighted by Gasteiger charge is -2.14. The Morgan fingerprint density at radius 2 is 1.93 bits per heavy atom. The van der Waals surface area contributed by atoms with Crippen LogP contribution >= 0.6 is 0 Å². The second-order valence-corrected chi connectivity index (χ2v) is 7.11. The third kappa shape index (κ3) is 3.28. The smallest absolute Gasteiger partial charge is 0.194 e. The molecule has 1 heterocycles. The Labute approximate surface area is 159 Å². The molecular formula is C22H25NO4. The van der Waals surface area contributed by atoms with E-state index < -0.39 is 0 Å². The van der Waals surface area contributed by atoms with Gasteiger partial charge >= 0.3 is 0 Å². The number of carbonyl (C=O) groups excluding carboxylic acids is 1. The molecule has 1 N–H and O–H groups in total. The lowest BCUT2D eigenvalue weighted by Crippen LogP contribution is -2.10. The zero-order chi connectivity index (χ0) is 18.8. The van der Waals surface area contributed by atoms with Gasteiger partial charge in [-0.2, -0.15) is 0 Å². The first-order valence-electron chi connectivity index (χ1n) is 9.50. The normalized spacial score (nSPS) is 17.6. The zero-order valence-electron chi connectivity index (χ0n) is 15.8. The van der Waals surface area contributed by atoms with Crippen LogP contribution in [0.25, 0.3) is 11.1 Å². The summed E-state index contributed by atoms with van der Waals surface area (Å²) in [5.41, 5.74) is 2.90. The molecule has 0 radical (unpaired) electrons. The number of methoxy groups -OCH3 is 2. The maximum Gasteiger partial charge on any atom is 0.194 e. The molecule has 27 heavy (non-hydrogen) atoms. The van der Waals surface area contributed by atoms with Crippen LogP contribution in [0.15, 0.2) is 30.3 Å². The summed E-state index contributed by atoms with van der Waals surface area (Å²) in [6.45, 7) is 2.89. The van der Waals surface area contributed by atoms with Crippen molar-refractivity contribution in [3.8, 4) is 28.4 Å². The van der Waals surface area contributed by atoms with E-state index in [2.05, 4.69) is 5.32 Å². The van der Waals surface area contributed by atoms with Crippen molar-refractivity contribution >= 4 is 5.78 Å². The molecule has 1 unspecified atom stereocenters. The molecule has 4 rings (SSSR count). The number of carbonyl (C=O) groups is 1. The molecule has 142 valence electrons. The van der Waals surface area contributed by atoms with Gasteiger partial charge in [0.05, 0.1) is 20.8 Å². The third-order valence-electron chi connectivity index (χ3n) is 5.47. The molecule has 1 saturated heterocycles. The standard InChI is InChI=1S/C22H25NO4/c1-25-15-11-17-21(19(12-15)26-2)20-16(22(17)24)6-3-7-18(20)27-10-4-5-14-8-9-23-13-14/h3,6-7,11-12,14,23H,4-5,8-10,13H2,1-2H3. The fourth-order valence-electron chi connectivity index (χ4n) is 4.06. The Morgan fingerprint density at radius 1 is 1.07 bits per heavy atom. The monoisotopic (exact) mass is 367 g/mol. The van der Waals surface area contributed by atoms with Crippen molar-refractivity contribution in [3.05, 3.63) is 41.5 Å². The topological polar surface area (TPSA) is 56.8 Å². The SMILES string of the molecule is COc1cc(OC)c2c(c1)C(=O)c1cccc(OCCCC3CCNC3)c1-2. The highest BCUT2D eigenvalue weighted by Gasteiger charge is 2.33. The van der Waals surface area contributed by atoms with Gasteiger partial charge in [-0.15, -0.1) is 0 Å². The van der Waals surface area contributed by atoms with E-state index in [9.17, 15) is 4.79 Å². The maximum atomic E-state index is 12.9. The van der Waals surface area contributed by atoms with Crippen LogP contribution in [0.5, 0.6) is 17.2 Å². The second-order valence-electron chi connectivity index (χ2n) is 7.11. The lowest BCUT2D eigenvalue weighted by molar-refractivity contribution is 0.104. The molecule has 2 aromatic rings. The van der Waals surface area contributed by atoms with Crippen molar-refractivity contribution in [1.29, 1.82) is 0 Å². The van der Waals surface area contributed by atoms with Gasteiger partial charge in [0.2, 0.25) is 0 Å². The first-order valence-corrected chi connectivity index (χ1v) is 9.50. The van der Waals surface area contributed by atoms with Crippen LogP contribution < -0.4 is 19.5 Å². The Kier molecular flexibility index (Phi) is 5.03. The van der Waals surface area contributed by atoms with Crippen molar-refractivity contribution in [2.45, 2.75) is 19.3 Å². The number of fused-ring (bicyclic) bond motifs is 3. The number of ketones is 1. The highest BCUT2D eigenvalue weighted by molar-refractivity contribution is 6.23. The molecule has 0 bridgehead atoms. The largest absolute Gasteiger partial charge is 0.497 e. The van der Waals surface area contributed by atoms with Crippen molar-refractivity contribution in [3.63, 3.8) is 0 Å². The molecule has 0 aromatic heterocycles. The summed E-state index contributed by atoms with van der Waals surface area (Å²) in [7, 11) is 3.19. The molecule has 5 nitrogen and oxygen atoms in total. The molecule has 5 heteroatoms. The summed E-state index contributed by atoms with van der Waals surface area (Å²) in [4.78, 5) is 12.9. The van der Waals surface area contributed by atoms with Crippen molar-refractivity contribution in [2.24, 2.45) is 5.92 Å². The molecule has 1 fully saturated rings. The van der Waals surface area contributed by atoms with Crippen LogP contribution in [-0.4, -0.2) is 39.7 Å². The van der Waals surface area contributed by atoms with Crippen LogP contribution in [0.1, 0.15) is 35.2 Å². The summed E-state index contributed by atoms with van der Waals surface area (Å²) in [6.07, 6.45) is 3.43. The van der Waals surface area contributed by atoms with Crippen LogP contribution in [-0.2, 0) is 0 Å². The zero-order valence-corrected chi connectivity index (χ0v) is 15.8. The highest BCUT2D eigenvalue weighted by Crippen LogP contribution is 2.48. The van der Waals surface area contributed by atoms with Crippen LogP contribution in [0.2, 0.25) is 0 Å². The number of hydrogen-bond acceptors (Lipinski definition) is 5. The minimum absolute atomic E-state index is 0.0142. The van der Waals surface area contributed by atoms with Crippen molar-refractivity contribution in [2.75, 3.05) is 33.9 Å². The molecule has 2 aliphatic rings. The molecular weight excluding hydrogens is 342 g/mol. The second kappa shape index (κ2) is 7.61. The molecule has 0 amide bonds. The van der Waals surface area contributed by atoms with Gasteiger partial charge in [0.25, 0.3) is 0 Å². The number of ether oxygens (including phenoxy) is 3. The summed E-state index contributed by atoms with van der Waals surface area (Å²) in [5.74, 6) is 2.72. The van der Waals surface area contributed by atoms with E-state index in [1.807, 2.05) is 24.3 Å². The van der Waals surface area contributed by atoms with Gasteiger partial charge in [0, 0.05) is 28.3 Å². The van der Waals surface area contributed by atoms with E-state index in [0.29, 0.717) is 29.2 Å². The highest BCUT2D eigenvalue weighted by atomic mass is 16.5. The average Bonchev–Trinajstić information content (AvgIpc) is 3.32. The van der Waals surface area contributed by atoms with Gasteiger partial charge in [-0.05, 0) is 50.4 Å². The molecule has 0 saturated carbocycles. The van der Waals surface area contributed by atoms with Gasteiger partial charge in [0.15, 0.2) is 5.78 Å². The summed E-state index contributed by atoms with van der Waals surface area (Å²) >= 11 is 0. The van der Waals surface area contributed by atoms with E-state index in [1.165, 1.54) is 6.42 Å². The molecule has 1 aliphatic heterocycles. The number of hydrogen-bond donors (Lipinski definition) is 1. The Bertz CT molecular complexity index is 856. The maximum absolute atomic E-state index is 12.9. The molecule has 1 atom stereocenters. The van der Waals surface area contributed by atoms with E-state index >= 15 is 0 Å². The summed E-state index contributed by atoms with van der Waals surface area (Å²) < 4.78 is 17.0. The molecule has 2 aromatic carbocycles. The van der Waals surface area contributed by atoms with Crippen LogP contribution in [0, 0.1) is 5.92 Å². The summed E-state index contributed by atoms with van der Waals surface area (Å²) in [5, 5.41) is 3.40. The molecule has 0 spiro atoms. The van der Waals surface area contributed by atoms with Gasteiger partial charge in [-0.1, -0.05) is 12.1 Å². The number of nitrogens with one attached hydrogen (secondary N) is 1. The third-order valence-corrected chi connectivity index (χ3v) is 5.47. The Balaban J connectivity index is 1.60. The van der Waals surface area contributed by atoms with Crippen molar-refractivity contribution in [1.82, 2.24) is 5.32 Å². The van der Waals surface area contributed by atoms with E-state index in [0.717, 1.165) is 48.7 Å². The van der Waals surface area contributed by atoms with E-state index in [-0.39, 0.29) is 5.78 Å². The number of rotatable bonds is 7. The fourth-order valence-corrected chi connectivity index (χ4v) is 4.06. The number of benzene rings is 2. The minimum Gasteiger partial charge on any atom is -0.497 e. The van der Waals surface area contributed by atoms with Crippen LogP contribution in [0.4, 0.5) is 0 Å².